The van der Waals surface area contributed by atoms with Crippen molar-refractivity contribution in [1.29, 1.82) is 0 Å². The van der Waals surface area contributed by atoms with Crippen molar-refractivity contribution in [3.63, 3.8) is 0 Å². The monoisotopic (exact) mass is 298 g/mol. The van der Waals surface area contributed by atoms with Gasteiger partial charge in [0.05, 0.1) is 0 Å². The highest BCUT2D eigenvalue weighted by Gasteiger charge is 2.37. The highest BCUT2D eigenvalue weighted by atomic mass is 15.2. The topological polar surface area (TPSA) is 29.3 Å². The summed E-state index contributed by atoms with van der Waals surface area (Å²) in [4.78, 5) is 2.60. The Kier molecular flexibility index (Phi) is 12.4. The summed E-state index contributed by atoms with van der Waals surface area (Å²) < 4.78 is 0. The maximum Gasteiger partial charge on any atom is 0.0354 e. The Labute approximate surface area is 134 Å². The molecule has 0 heterocycles. The number of likely N-dealkylation sites (N-methyl/N-ethyl adjacent to an activating group) is 1. The van der Waals surface area contributed by atoms with Gasteiger partial charge in [0.2, 0.25) is 0 Å². The van der Waals surface area contributed by atoms with E-state index in [1.807, 2.05) is 0 Å². The average molecular weight is 299 g/mol. The summed E-state index contributed by atoms with van der Waals surface area (Å²) in [7, 11) is 0. The number of nitrogens with two attached hydrogens (primary N) is 1. The first kappa shape index (κ1) is 20.9. The molecule has 0 aromatic rings. The van der Waals surface area contributed by atoms with Gasteiger partial charge in [-0.1, -0.05) is 79.6 Å². The average Bonchev–Trinajstić information content (AvgIpc) is 2.51. The molecule has 0 spiro atoms. The van der Waals surface area contributed by atoms with E-state index in [2.05, 4.69) is 39.5 Å². The van der Waals surface area contributed by atoms with Crippen molar-refractivity contribution in [2.24, 2.45) is 5.73 Å². The molecule has 0 saturated carbocycles. The molecule has 2 N–H and O–H groups in total. The van der Waals surface area contributed by atoms with Crippen LogP contribution in [0.25, 0.3) is 0 Å². The summed E-state index contributed by atoms with van der Waals surface area (Å²) in [6.07, 6.45) is 13.1. The van der Waals surface area contributed by atoms with Gasteiger partial charge in [0.1, 0.15) is 0 Å². The predicted octanol–water partition coefficient (Wildman–Crippen LogP) is 5.36. The van der Waals surface area contributed by atoms with Crippen molar-refractivity contribution in [1.82, 2.24) is 4.90 Å². The molecular formula is C19H42N2. The Bertz CT molecular complexity index is 220. The van der Waals surface area contributed by atoms with Crippen LogP contribution in [0, 0.1) is 0 Å². The van der Waals surface area contributed by atoms with Crippen molar-refractivity contribution < 1.29 is 0 Å². The first-order valence-corrected chi connectivity index (χ1v) is 9.63. The molecule has 2 nitrogen and oxygen atoms in total. The van der Waals surface area contributed by atoms with Crippen LogP contribution in [0.5, 0.6) is 0 Å². The van der Waals surface area contributed by atoms with Crippen LogP contribution in [-0.4, -0.2) is 29.6 Å². The molecule has 0 rings (SSSR count). The third-order valence-corrected chi connectivity index (χ3v) is 5.43. The van der Waals surface area contributed by atoms with E-state index in [-0.39, 0.29) is 5.54 Å². The molecular weight excluding hydrogens is 256 g/mol. The Morgan fingerprint density at radius 3 is 1.67 bits per heavy atom. The minimum Gasteiger partial charge on any atom is -0.326 e. The van der Waals surface area contributed by atoms with Crippen molar-refractivity contribution >= 4 is 0 Å². The van der Waals surface area contributed by atoms with Gasteiger partial charge >= 0.3 is 0 Å². The van der Waals surface area contributed by atoms with Crippen LogP contribution in [0.2, 0.25) is 0 Å². The summed E-state index contributed by atoms with van der Waals surface area (Å²) in [6.45, 7) is 13.7. The minimum atomic E-state index is 0.214. The molecule has 0 bridgehead atoms. The van der Waals surface area contributed by atoms with E-state index >= 15 is 0 Å². The molecule has 0 aliphatic carbocycles. The molecule has 2 heteroatoms. The van der Waals surface area contributed by atoms with Crippen molar-refractivity contribution in [2.45, 2.75) is 110 Å². The second-order valence-electron chi connectivity index (χ2n) is 6.50. The third kappa shape index (κ3) is 6.69. The summed E-state index contributed by atoms with van der Waals surface area (Å²) in [5, 5.41) is 0. The van der Waals surface area contributed by atoms with Crippen molar-refractivity contribution in [2.75, 3.05) is 13.1 Å². The molecule has 21 heavy (non-hydrogen) atoms. The van der Waals surface area contributed by atoms with Crippen molar-refractivity contribution in [3.8, 4) is 0 Å². The molecule has 0 fully saturated rings. The molecule has 0 aromatic heterocycles. The van der Waals surface area contributed by atoms with E-state index in [0.717, 1.165) is 13.1 Å². The van der Waals surface area contributed by atoms with Crippen LogP contribution in [-0.2, 0) is 0 Å². The van der Waals surface area contributed by atoms with Gasteiger partial charge < -0.3 is 5.73 Å². The van der Waals surface area contributed by atoms with Crippen LogP contribution in [0.1, 0.15) is 98.8 Å². The van der Waals surface area contributed by atoms with Crippen LogP contribution < -0.4 is 5.73 Å². The van der Waals surface area contributed by atoms with E-state index in [0.29, 0.717) is 6.04 Å². The summed E-state index contributed by atoms with van der Waals surface area (Å²) in [5.74, 6) is 0. The molecule has 1 unspecified atom stereocenters. The largest absolute Gasteiger partial charge is 0.326 e. The van der Waals surface area contributed by atoms with E-state index in [4.69, 9.17) is 5.73 Å². The molecule has 0 amide bonds. The highest BCUT2D eigenvalue weighted by molar-refractivity contribution is 4.96. The smallest absolute Gasteiger partial charge is 0.0354 e. The molecule has 0 aliphatic heterocycles. The Morgan fingerprint density at radius 1 is 0.762 bits per heavy atom. The van der Waals surface area contributed by atoms with Crippen molar-refractivity contribution in [3.05, 3.63) is 0 Å². The Balaban J connectivity index is 4.21. The van der Waals surface area contributed by atoms with Gasteiger partial charge in [0, 0.05) is 11.6 Å². The number of hydrogen-bond donors (Lipinski definition) is 1. The second kappa shape index (κ2) is 12.5. The Hall–Kier alpha value is -0.0800. The zero-order chi connectivity index (χ0) is 16.1. The van der Waals surface area contributed by atoms with Gasteiger partial charge in [-0.2, -0.15) is 0 Å². The van der Waals surface area contributed by atoms with E-state index in [9.17, 15) is 0 Å². The Morgan fingerprint density at radius 2 is 1.24 bits per heavy atom. The second-order valence-corrected chi connectivity index (χ2v) is 6.50. The first-order valence-electron chi connectivity index (χ1n) is 9.63. The third-order valence-electron chi connectivity index (χ3n) is 5.43. The standard InChI is InChI=1S/C19H42N2/c1-6-11-12-13-14-15-16-17-18(20)19(7-2,8-3)21(9-4)10-5/h18H,6-17,20H2,1-5H3. The fraction of sp³-hybridized carbons (Fsp3) is 1.00. The predicted molar refractivity (Wildman–Crippen MR) is 96.8 cm³/mol. The molecule has 1 atom stereocenters. The summed E-state index contributed by atoms with van der Waals surface area (Å²) in [5.41, 5.74) is 6.86. The van der Waals surface area contributed by atoms with Crippen LogP contribution in [0.3, 0.4) is 0 Å². The number of hydrogen-bond acceptors (Lipinski definition) is 2. The lowest BCUT2D eigenvalue weighted by Crippen LogP contribution is -2.59. The zero-order valence-electron chi connectivity index (χ0n) is 15.6. The van der Waals surface area contributed by atoms with Gasteiger partial charge in [-0.25, -0.2) is 0 Å². The maximum atomic E-state index is 6.65. The van der Waals surface area contributed by atoms with Gasteiger partial charge in [-0.15, -0.1) is 0 Å². The minimum absolute atomic E-state index is 0.214. The van der Waals surface area contributed by atoms with Crippen LogP contribution in [0.4, 0.5) is 0 Å². The maximum absolute atomic E-state index is 6.65. The molecule has 0 saturated heterocycles. The lowest BCUT2D eigenvalue weighted by molar-refractivity contribution is 0.0591. The zero-order valence-corrected chi connectivity index (χ0v) is 15.6. The van der Waals surface area contributed by atoms with E-state index < -0.39 is 0 Å². The number of unbranched alkanes of at least 4 members (excludes halogenated alkanes) is 6. The van der Waals surface area contributed by atoms with Crippen LogP contribution in [0.15, 0.2) is 0 Å². The SMILES string of the molecule is CCCCCCCCCC(N)C(CC)(CC)N(CC)CC. The van der Waals surface area contributed by atoms with E-state index in [1.165, 1.54) is 64.2 Å². The van der Waals surface area contributed by atoms with Gasteiger partial charge in [-0.05, 0) is 32.4 Å². The van der Waals surface area contributed by atoms with Gasteiger partial charge in [-0.3, -0.25) is 4.90 Å². The van der Waals surface area contributed by atoms with Crippen LogP contribution >= 0.6 is 0 Å². The normalized spacial score (nSPS) is 13.9. The van der Waals surface area contributed by atoms with Gasteiger partial charge in [0.25, 0.3) is 0 Å². The number of nitrogens with zero attached hydrogens (tertiary/aromatic N) is 1. The fourth-order valence-corrected chi connectivity index (χ4v) is 3.90. The lowest BCUT2D eigenvalue weighted by Gasteiger charge is -2.46. The fourth-order valence-electron chi connectivity index (χ4n) is 3.90. The van der Waals surface area contributed by atoms with Gasteiger partial charge in [0.15, 0.2) is 0 Å². The molecule has 0 aromatic carbocycles. The summed E-state index contributed by atoms with van der Waals surface area (Å²) in [6, 6.07) is 0.322. The lowest BCUT2D eigenvalue weighted by atomic mass is 9.80. The van der Waals surface area contributed by atoms with E-state index in [1.54, 1.807) is 0 Å². The molecule has 0 aliphatic rings. The summed E-state index contributed by atoms with van der Waals surface area (Å²) >= 11 is 0. The first-order chi connectivity index (χ1) is 10.1. The quantitative estimate of drug-likeness (QED) is 0.438. The number of rotatable bonds is 14. The highest BCUT2D eigenvalue weighted by Crippen LogP contribution is 2.29. The molecule has 128 valence electrons. The molecule has 0 radical (unpaired) electrons.